The summed E-state index contributed by atoms with van der Waals surface area (Å²) < 4.78 is 24.6. The molecule has 1 aliphatic heterocycles. The Morgan fingerprint density at radius 1 is 0.786 bits per heavy atom. The zero-order valence-corrected chi connectivity index (χ0v) is 34.9. The molecule has 1 aromatic carbocycles. The standard InChI is InChI=1S/C43H75FN2O9S/c1-2-3-4-5-6-7-8-9-10-14-17-20-23-35(47)39(50)34(29-54-43-42(53)41(52)40(51)36(55-43)30-56-31-37(45)48)46-38(49)24-21-18-15-12-11-13-16-19-22-32-25-27-33(44)28-26-32/h25-28,34-36,39-43,47,50-53H,2-24,29-31H2,1H3,(H2,45,48)(H,46,49)/t34-,35+,36?,39-,40-,41-,42?,43-/m0/s1. The van der Waals surface area contributed by atoms with Gasteiger partial charge in [-0.25, -0.2) is 4.39 Å². The molecule has 324 valence electrons. The van der Waals surface area contributed by atoms with E-state index >= 15 is 0 Å². The van der Waals surface area contributed by atoms with Crippen LogP contribution in [0, 0.1) is 5.82 Å². The number of primary amides is 1. The summed E-state index contributed by atoms with van der Waals surface area (Å²) in [6, 6.07) is 5.65. The van der Waals surface area contributed by atoms with Crippen molar-refractivity contribution in [1.82, 2.24) is 5.32 Å². The zero-order chi connectivity index (χ0) is 41.0. The summed E-state index contributed by atoms with van der Waals surface area (Å²) in [5, 5.41) is 56.5. The van der Waals surface area contributed by atoms with Crippen LogP contribution >= 0.6 is 11.8 Å². The van der Waals surface area contributed by atoms with Crippen molar-refractivity contribution in [3.8, 4) is 0 Å². The minimum atomic E-state index is -1.61. The summed E-state index contributed by atoms with van der Waals surface area (Å²) in [6.07, 6.45) is 14.2. The Morgan fingerprint density at radius 2 is 1.32 bits per heavy atom. The Hall–Kier alpha value is -1.84. The highest BCUT2D eigenvalue weighted by Crippen LogP contribution is 2.25. The molecule has 0 aromatic heterocycles. The lowest BCUT2D eigenvalue weighted by Gasteiger charge is -2.41. The second-order valence-corrected chi connectivity index (χ2v) is 16.7. The molecule has 1 heterocycles. The number of aryl methyl sites for hydroxylation is 1. The Bertz CT molecular complexity index is 1150. The fourth-order valence-electron chi connectivity index (χ4n) is 7.13. The van der Waals surface area contributed by atoms with E-state index in [1.54, 1.807) is 0 Å². The molecule has 1 aliphatic rings. The smallest absolute Gasteiger partial charge is 0.227 e. The van der Waals surface area contributed by atoms with E-state index in [0.717, 1.165) is 94.4 Å². The Morgan fingerprint density at radius 3 is 1.89 bits per heavy atom. The van der Waals surface area contributed by atoms with Crippen LogP contribution in [0.5, 0.6) is 0 Å². The normalized spacial score (nSPS) is 21.4. The maximum absolute atomic E-state index is 13.1. The first-order valence-corrected chi connectivity index (χ1v) is 22.8. The topological polar surface area (TPSA) is 192 Å². The predicted molar refractivity (Wildman–Crippen MR) is 220 cm³/mol. The van der Waals surface area contributed by atoms with Gasteiger partial charge in [-0.1, -0.05) is 135 Å². The van der Waals surface area contributed by atoms with Crippen LogP contribution < -0.4 is 11.1 Å². The van der Waals surface area contributed by atoms with Gasteiger partial charge < -0.3 is 46.1 Å². The second-order valence-electron chi connectivity index (χ2n) is 15.7. The molecule has 0 spiro atoms. The van der Waals surface area contributed by atoms with Crippen LogP contribution in [0.3, 0.4) is 0 Å². The minimum absolute atomic E-state index is 0.0197. The fraction of sp³-hybridized carbons (Fsp3) is 0.814. The van der Waals surface area contributed by atoms with E-state index in [0.29, 0.717) is 12.8 Å². The van der Waals surface area contributed by atoms with Gasteiger partial charge >= 0.3 is 0 Å². The molecule has 2 unspecified atom stereocenters. The highest BCUT2D eigenvalue weighted by Gasteiger charge is 2.44. The van der Waals surface area contributed by atoms with Crippen molar-refractivity contribution in [1.29, 1.82) is 0 Å². The number of aliphatic hydroxyl groups is 5. The number of hydrogen-bond donors (Lipinski definition) is 7. The molecular weight excluding hydrogens is 740 g/mol. The number of carbonyl (C=O) groups is 2. The summed E-state index contributed by atoms with van der Waals surface area (Å²) in [6.45, 7) is 1.90. The van der Waals surface area contributed by atoms with Gasteiger partial charge in [0.25, 0.3) is 0 Å². The summed E-state index contributed by atoms with van der Waals surface area (Å²) in [5.74, 6) is -0.970. The Labute approximate surface area is 340 Å². The quantitative estimate of drug-likeness (QED) is 0.0393. The van der Waals surface area contributed by atoms with Crippen molar-refractivity contribution < 1.29 is 49.0 Å². The molecule has 13 heteroatoms. The second kappa shape index (κ2) is 31.1. The molecule has 8 N–H and O–H groups in total. The van der Waals surface area contributed by atoms with Crippen LogP contribution in [-0.2, 0) is 25.5 Å². The minimum Gasteiger partial charge on any atom is -0.390 e. The Kier molecular flexibility index (Phi) is 28.0. The van der Waals surface area contributed by atoms with Crippen molar-refractivity contribution in [3.63, 3.8) is 0 Å². The SMILES string of the molecule is CCCCCCCCCCCCCC[C@@H](O)[C@@H](O)[C@H](CO[C@H]1OC(CSCC(N)=O)[C@H](O)[C@H](O)C1O)NC(=O)CCCCCCCCCCc1ccc(F)cc1. The molecule has 0 saturated carbocycles. The first-order chi connectivity index (χ1) is 27.0. The number of ether oxygens (including phenoxy) is 2. The number of nitrogens with one attached hydrogen (secondary N) is 1. The molecule has 0 radical (unpaired) electrons. The van der Waals surface area contributed by atoms with Crippen molar-refractivity contribution in [2.24, 2.45) is 5.73 Å². The van der Waals surface area contributed by atoms with Crippen LogP contribution in [0.2, 0.25) is 0 Å². The Balaban J connectivity index is 1.79. The van der Waals surface area contributed by atoms with E-state index in [-0.39, 0.29) is 36.3 Å². The maximum Gasteiger partial charge on any atom is 0.227 e. The van der Waals surface area contributed by atoms with Gasteiger partial charge in [0.2, 0.25) is 11.8 Å². The molecule has 1 fully saturated rings. The van der Waals surface area contributed by atoms with Gasteiger partial charge in [-0.3, -0.25) is 9.59 Å². The van der Waals surface area contributed by atoms with Gasteiger partial charge in [0.05, 0.1) is 30.6 Å². The number of carbonyl (C=O) groups excluding carboxylic acids is 2. The number of benzene rings is 1. The average Bonchev–Trinajstić information content (AvgIpc) is 3.18. The monoisotopic (exact) mass is 815 g/mol. The maximum atomic E-state index is 13.1. The van der Waals surface area contributed by atoms with E-state index < -0.39 is 54.9 Å². The molecule has 56 heavy (non-hydrogen) atoms. The van der Waals surface area contributed by atoms with Gasteiger partial charge in [-0.15, -0.1) is 11.8 Å². The van der Waals surface area contributed by atoms with Crippen LogP contribution in [0.1, 0.15) is 154 Å². The van der Waals surface area contributed by atoms with E-state index in [1.807, 2.05) is 12.1 Å². The number of halogens is 1. The summed E-state index contributed by atoms with van der Waals surface area (Å²) in [5.41, 5.74) is 6.36. The number of amides is 2. The number of thioether (sulfide) groups is 1. The van der Waals surface area contributed by atoms with Gasteiger partial charge in [0, 0.05) is 12.2 Å². The lowest BCUT2D eigenvalue weighted by atomic mass is 9.98. The molecular formula is C43H75FN2O9S. The number of unbranched alkanes of at least 4 members (excludes halogenated alkanes) is 18. The fourth-order valence-corrected chi connectivity index (χ4v) is 7.96. The van der Waals surface area contributed by atoms with Crippen molar-refractivity contribution >= 4 is 23.6 Å². The van der Waals surface area contributed by atoms with E-state index in [4.69, 9.17) is 15.2 Å². The molecule has 1 saturated heterocycles. The molecule has 1 aromatic rings. The van der Waals surface area contributed by atoms with Crippen LogP contribution in [0.15, 0.2) is 24.3 Å². The van der Waals surface area contributed by atoms with Gasteiger partial charge in [0.15, 0.2) is 6.29 Å². The first kappa shape index (κ1) is 50.3. The summed E-state index contributed by atoms with van der Waals surface area (Å²) in [7, 11) is 0. The van der Waals surface area contributed by atoms with E-state index in [2.05, 4.69) is 12.2 Å². The third kappa shape index (κ3) is 22.3. The van der Waals surface area contributed by atoms with E-state index in [9.17, 15) is 39.5 Å². The molecule has 0 bridgehead atoms. The zero-order valence-electron chi connectivity index (χ0n) is 34.0. The molecule has 0 aliphatic carbocycles. The van der Waals surface area contributed by atoms with Crippen molar-refractivity contribution in [2.45, 2.75) is 204 Å². The van der Waals surface area contributed by atoms with Crippen LogP contribution in [-0.4, -0.2) is 104 Å². The number of nitrogens with two attached hydrogens (primary N) is 1. The molecule has 8 atom stereocenters. The van der Waals surface area contributed by atoms with Gasteiger partial charge in [-0.2, -0.15) is 0 Å². The summed E-state index contributed by atoms with van der Waals surface area (Å²) >= 11 is 1.11. The average molecular weight is 815 g/mol. The lowest BCUT2D eigenvalue weighted by molar-refractivity contribution is -0.294. The highest BCUT2D eigenvalue weighted by atomic mass is 32.2. The number of hydrogen-bond acceptors (Lipinski definition) is 10. The summed E-state index contributed by atoms with van der Waals surface area (Å²) in [4.78, 5) is 24.2. The highest BCUT2D eigenvalue weighted by molar-refractivity contribution is 7.99. The predicted octanol–water partition coefficient (Wildman–Crippen LogP) is 6.22. The molecule has 2 rings (SSSR count). The van der Waals surface area contributed by atoms with Crippen molar-refractivity contribution in [3.05, 3.63) is 35.6 Å². The van der Waals surface area contributed by atoms with Crippen LogP contribution in [0.4, 0.5) is 4.39 Å². The molecule has 11 nitrogen and oxygen atoms in total. The largest absolute Gasteiger partial charge is 0.390 e. The van der Waals surface area contributed by atoms with Gasteiger partial charge in [-0.05, 0) is 43.4 Å². The third-order valence-electron chi connectivity index (χ3n) is 10.7. The number of aliphatic hydroxyl groups excluding tert-OH is 5. The lowest BCUT2D eigenvalue weighted by Crippen LogP contribution is -2.60. The van der Waals surface area contributed by atoms with Crippen molar-refractivity contribution in [2.75, 3.05) is 18.1 Å². The molecule has 2 amide bonds. The van der Waals surface area contributed by atoms with E-state index in [1.165, 1.54) is 63.5 Å². The first-order valence-electron chi connectivity index (χ1n) is 21.6. The van der Waals surface area contributed by atoms with Gasteiger partial charge in [0.1, 0.15) is 30.2 Å². The number of rotatable bonds is 34. The third-order valence-corrected chi connectivity index (χ3v) is 11.7. The van der Waals surface area contributed by atoms with Crippen LogP contribution in [0.25, 0.3) is 0 Å².